The number of rotatable bonds is 0. The topological polar surface area (TPSA) is 85.5 Å². The maximum atomic E-state index is 0. The van der Waals surface area contributed by atoms with E-state index in [1.165, 1.54) is 0 Å². The van der Waals surface area contributed by atoms with Crippen molar-refractivity contribution < 1.29 is 16.4 Å². The van der Waals surface area contributed by atoms with Gasteiger partial charge in [-0.25, -0.2) is 0 Å². The normalized spacial score (nSPS) is 0. The van der Waals surface area contributed by atoms with Crippen molar-refractivity contribution in [3.05, 3.63) is 0 Å². The molecule has 0 N–H and O–H groups in total. The molecule has 0 aliphatic heterocycles. The Kier molecular flexibility index (Phi) is 1010. The minimum Gasteiger partial charge on any atom is -2.00 e. The van der Waals surface area contributed by atoms with E-state index < -0.39 is 0 Å². The summed E-state index contributed by atoms with van der Waals surface area (Å²) in [6, 6.07) is 0. The van der Waals surface area contributed by atoms with Gasteiger partial charge in [-0.3, -0.25) is 0 Å². The second-order valence-corrected chi connectivity index (χ2v) is 0. The molecule has 0 saturated heterocycles. The van der Waals surface area contributed by atoms with Crippen LogP contribution in [-0.2, 0) is 16.4 Å². The van der Waals surface area contributed by atoms with Crippen molar-refractivity contribution in [3.63, 3.8) is 0 Å². The maximum Gasteiger partial charge on any atom is 3.00 e. The molecular weight excluding hydrogens is 520 g/mol. The van der Waals surface area contributed by atoms with E-state index in [0.717, 1.165) is 0 Å². The first-order valence-corrected chi connectivity index (χ1v) is 0. The van der Waals surface area contributed by atoms with Gasteiger partial charge in [0.05, 0.1) is 0 Å². The van der Waals surface area contributed by atoms with Gasteiger partial charge in [-0.2, -0.15) is 0 Å². The first-order valence-electron chi connectivity index (χ1n) is 0. The summed E-state index contributed by atoms with van der Waals surface area (Å²) in [6.07, 6.45) is 0. The van der Waals surface area contributed by atoms with Crippen LogP contribution in [0.15, 0.2) is 0 Å². The molecule has 0 atom stereocenters. The van der Waals surface area contributed by atoms with Crippen molar-refractivity contribution in [3.8, 4) is 0 Å². The van der Waals surface area contributed by atoms with Crippen molar-refractivity contribution in [2.45, 2.75) is 0 Å². The molecule has 0 saturated carbocycles. The van der Waals surface area contributed by atoms with Crippen molar-refractivity contribution in [2.24, 2.45) is 0 Å². The van der Waals surface area contributed by atoms with Crippen LogP contribution >= 0.6 is 0 Å². The van der Waals surface area contributed by atoms with Gasteiger partial charge in [0.1, 0.15) is 0 Å². The molecule has 10 radical (unpaired) electrons. The Morgan fingerprint density at radius 1 is 0.429 bits per heavy atom. The van der Waals surface area contributed by atoms with Crippen LogP contribution in [0.25, 0.3) is 0 Å². The van der Waals surface area contributed by atoms with Gasteiger partial charge in [0.15, 0.2) is 0 Å². The number of hydrogen-bond acceptors (Lipinski definition) is 0. The zero-order chi connectivity index (χ0) is 0. The molecule has 0 spiro atoms. The second-order valence-electron chi connectivity index (χ2n) is 0. The smallest absolute Gasteiger partial charge is 2.00 e. The summed E-state index contributed by atoms with van der Waals surface area (Å²) in [5.41, 5.74) is 0. The van der Waals surface area contributed by atoms with Gasteiger partial charge < -0.3 is 16.4 Å². The standard InChI is InChI=1S/2Al.2Bi.3O/q;;2*+3;3*-2. The molecule has 0 aliphatic carbocycles. The van der Waals surface area contributed by atoms with E-state index in [1.54, 1.807) is 0 Å². The quantitative estimate of drug-likeness (QED) is 0.336. The molecule has 0 bridgehead atoms. The molecule has 0 fully saturated rings. The number of hydrogen-bond donors (Lipinski definition) is 0. The van der Waals surface area contributed by atoms with Gasteiger partial charge in [0.25, 0.3) is 0 Å². The largest absolute Gasteiger partial charge is 3.00 e. The molecule has 0 rings (SSSR count). The monoisotopic (exact) mass is 520 g/mol. The molecule has 0 aromatic rings. The first-order chi connectivity index (χ1) is 0. The van der Waals surface area contributed by atoms with E-state index in [-0.39, 0.29) is 104 Å². The predicted molar refractivity (Wildman–Crippen MR) is 25.1 cm³/mol. The fourth-order valence-electron chi connectivity index (χ4n) is 0. The van der Waals surface area contributed by atoms with Crippen LogP contribution in [0.4, 0.5) is 0 Å². The van der Waals surface area contributed by atoms with Gasteiger partial charge in [-0.15, -0.1) is 0 Å². The van der Waals surface area contributed by atoms with Gasteiger partial charge in [-0.05, 0) is 0 Å². The first kappa shape index (κ1) is 100. The van der Waals surface area contributed by atoms with Crippen molar-refractivity contribution in [2.75, 3.05) is 0 Å². The fourth-order valence-corrected chi connectivity index (χ4v) is 0. The van der Waals surface area contributed by atoms with E-state index in [0.29, 0.717) is 0 Å². The van der Waals surface area contributed by atoms with Crippen LogP contribution in [0.3, 0.4) is 0 Å². The molecule has 0 aromatic carbocycles. The summed E-state index contributed by atoms with van der Waals surface area (Å²) in [7, 11) is 0. The molecule has 7 heavy (non-hydrogen) atoms. The molecule has 7 heteroatoms. The summed E-state index contributed by atoms with van der Waals surface area (Å²) in [6.45, 7) is 0. The summed E-state index contributed by atoms with van der Waals surface area (Å²) in [5, 5.41) is 0. The summed E-state index contributed by atoms with van der Waals surface area (Å²) < 4.78 is 0. The third-order valence-corrected chi connectivity index (χ3v) is 0. The van der Waals surface area contributed by atoms with Crippen LogP contribution in [0, 0.1) is 0 Å². The van der Waals surface area contributed by atoms with Crippen LogP contribution in [0.5, 0.6) is 0 Å². The van der Waals surface area contributed by atoms with Crippen LogP contribution < -0.4 is 0 Å². The van der Waals surface area contributed by atoms with E-state index in [4.69, 9.17) is 0 Å². The fraction of sp³-hybridized carbons (Fsp3) is 0. The van der Waals surface area contributed by atoms with Crippen molar-refractivity contribution in [1.82, 2.24) is 0 Å². The second kappa shape index (κ2) is 70.5. The van der Waals surface area contributed by atoms with Gasteiger partial charge in [-0.1, -0.05) is 0 Å². The van der Waals surface area contributed by atoms with Crippen molar-refractivity contribution in [1.29, 1.82) is 0 Å². The van der Waals surface area contributed by atoms with E-state index in [2.05, 4.69) is 0 Å². The third kappa shape index (κ3) is 53.4. The van der Waals surface area contributed by atoms with E-state index >= 15 is 0 Å². The molecular formula is Al2Bi2O3. The van der Waals surface area contributed by atoms with E-state index in [1.807, 2.05) is 0 Å². The predicted octanol–water partition coefficient (Wildman–Crippen LogP) is -1.88. The Labute approximate surface area is 102 Å². The summed E-state index contributed by atoms with van der Waals surface area (Å²) >= 11 is 0. The van der Waals surface area contributed by atoms with Gasteiger partial charge in [0, 0.05) is 34.7 Å². The average molecular weight is 520 g/mol. The zero-order valence-corrected chi connectivity index (χ0v) is 12.5. The minimum absolute atomic E-state index is 0. The molecule has 0 heterocycles. The van der Waals surface area contributed by atoms with Crippen LogP contribution in [0.1, 0.15) is 0 Å². The Bertz CT molecular complexity index is 10.9. The molecule has 0 aliphatic rings. The van der Waals surface area contributed by atoms with Gasteiger partial charge in [0.2, 0.25) is 0 Å². The van der Waals surface area contributed by atoms with Crippen LogP contribution in [-0.4, -0.2) is 87.1 Å². The molecule has 34 valence electrons. The van der Waals surface area contributed by atoms with Gasteiger partial charge >= 0.3 is 52.4 Å². The average Bonchev–Trinajstić information content (AvgIpc) is 0. The minimum atomic E-state index is 0. The molecule has 3 nitrogen and oxygen atoms in total. The SMILES string of the molecule is [Al].[Al].[Bi+3].[Bi+3].[O-2].[O-2].[O-2]. The van der Waals surface area contributed by atoms with Crippen LogP contribution in [0.2, 0.25) is 0 Å². The Balaban J connectivity index is 0. The molecule has 0 amide bonds. The van der Waals surface area contributed by atoms with Crippen molar-refractivity contribution >= 4 is 87.1 Å². The molecule has 0 aromatic heterocycles. The summed E-state index contributed by atoms with van der Waals surface area (Å²) in [4.78, 5) is 0. The Morgan fingerprint density at radius 2 is 0.429 bits per heavy atom. The molecule has 0 unspecified atom stereocenters. The summed E-state index contributed by atoms with van der Waals surface area (Å²) in [5.74, 6) is 0. The maximum absolute atomic E-state index is 0. The zero-order valence-electron chi connectivity index (χ0n) is 3.27. The van der Waals surface area contributed by atoms with E-state index in [9.17, 15) is 0 Å². The Hall–Kier alpha value is 2.71. The Morgan fingerprint density at radius 3 is 0.429 bits per heavy atom. The third-order valence-electron chi connectivity index (χ3n) is 0.